The van der Waals surface area contributed by atoms with Crippen LogP contribution in [0.5, 0.6) is 0 Å². The van der Waals surface area contributed by atoms with Gasteiger partial charge in [-0.25, -0.2) is 4.79 Å². The zero-order valence-corrected chi connectivity index (χ0v) is 9.80. The molecule has 0 aliphatic rings. The van der Waals surface area contributed by atoms with Gasteiger partial charge in [-0.2, -0.15) is 0 Å². The monoisotopic (exact) mass is 260 g/mol. The van der Waals surface area contributed by atoms with Crippen LogP contribution in [0.15, 0.2) is 16.7 Å². The van der Waals surface area contributed by atoms with Crippen LogP contribution in [0.1, 0.15) is 10.5 Å². The second-order valence-corrected chi connectivity index (χ2v) is 3.66. The zero-order chi connectivity index (χ0) is 10.6. The Bertz CT molecular complexity index is 323. The van der Waals surface area contributed by atoms with Gasteiger partial charge in [-0.15, -0.1) is 0 Å². The highest BCUT2D eigenvalue weighted by Gasteiger charge is 2.15. The first-order chi connectivity index (χ1) is 6.70. The number of rotatable bonds is 4. The lowest BCUT2D eigenvalue weighted by molar-refractivity contribution is 0.0587. The molecule has 5 heteroatoms. The number of nitrogens with one attached hydrogen (secondary N) is 1. The maximum Gasteiger partial charge on any atom is 0.355 e. The molecule has 1 aromatic heterocycles. The van der Waals surface area contributed by atoms with Crippen LogP contribution in [0, 0.1) is 0 Å². The quantitative estimate of drug-likeness (QED) is 0.830. The fourth-order valence-corrected chi connectivity index (χ4v) is 1.68. The molecule has 0 fully saturated rings. The summed E-state index contributed by atoms with van der Waals surface area (Å²) in [5.74, 6) is -0.321. The van der Waals surface area contributed by atoms with Gasteiger partial charge in [-0.1, -0.05) is 0 Å². The number of carbonyl (C=O) groups is 1. The molecule has 0 aromatic carbocycles. The molecule has 14 heavy (non-hydrogen) atoms. The summed E-state index contributed by atoms with van der Waals surface area (Å²) in [5, 5.41) is 3.02. The Kier molecular flexibility index (Phi) is 4.16. The number of likely N-dealkylation sites (N-methyl/N-ethyl adjacent to an activating group) is 1. The third-order valence-electron chi connectivity index (χ3n) is 1.90. The van der Waals surface area contributed by atoms with E-state index in [1.165, 1.54) is 7.11 Å². The highest BCUT2D eigenvalue weighted by molar-refractivity contribution is 9.10. The molecule has 0 bridgehead atoms. The van der Waals surface area contributed by atoms with Crippen LogP contribution >= 0.6 is 15.9 Å². The maximum absolute atomic E-state index is 11.4. The molecule has 1 heterocycles. The smallest absolute Gasteiger partial charge is 0.355 e. The number of hydrogen-bond acceptors (Lipinski definition) is 3. The van der Waals surface area contributed by atoms with Crippen LogP contribution in [0.4, 0.5) is 0 Å². The van der Waals surface area contributed by atoms with Crippen molar-refractivity contribution in [1.82, 2.24) is 9.88 Å². The number of carbonyl (C=O) groups excluding carboxylic acids is 1. The number of ether oxygens (including phenoxy) is 1. The standard InChI is InChI=1S/C9H13BrN2O2/c1-11-4-6-12-5-3-7(10)8(12)9(13)14-2/h3,5,11H,4,6H2,1-2H3. The highest BCUT2D eigenvalue weighted by atomic mass is 79.9. The van der Waals surface area contributed by atoms with Crippen molar-refractivity contribution < 1.29 is 9.53 Å². The first kappa shape index (κ1) is 11.3. The number of nitrogens with zero attached hydrogens (tertiary/aromatic N) is 1. The van der Waals surface area contributed by atoms with Gasteiger partial charge in [0, 0.05) is 19.3 Å². The van der Waals surface area contributed by atoms with Crippen molar-refractivity contribution in [3.8, 4) is 0 Å². The number of hydrogen-bond donors (Lipinski definition) is 1. The predicted molar refractivity (Wildman–Crippen MR) is 57.4 cm³/mol. The van der Waals surface area contributed by atoms with E-state index >= 15 is 0 Å². The molecule has 0 aliphatic carbocycles. The van der Waals surface area contributed by atoms with Gasteiger partial charge in [-0.3, -0.25) is 0 Å². The summed E-state index contributed by atoms with van der Waals surface area (Å²) in [6.07, 6.45) is 1.85. The van der Waals surface area contributed by atoms with Crippen molar-refractivity contribution >= 4 is 21.9 Å². The van der Waals surface area contributed by atoms with Crippen molar-refractivity contribution in [3.63, 3.8) is 0 Å². The van der Waals surface area contributed by atoms with Crippen molar-refractivity contribution in [1.29, 1.82) is 0 Å². The molecule has 0 saturated carbocycles. The summed E-state index contributed by atoms with van der Waals surface area (Å²) in [4.78, 5) is 11.4. The molecule has 1 aromatic rings. The molecule has 0 atom stereocenters. The minimum atomic E-state index is -0.321. The van der Waals surface area contributed by atoms with Crippen LogP contribution in [-0.4, -0.2) is 31.2 Å². The molecule has 0 amide bonds. The largest absolute Gasteiger partial charge is 0.464 e. The first-order valence-corrected chi connectivity index (χ1v) is 5.07. The van der Waals surface area contributed by atoms with Gasteiger partial charge in [0.25, 0.3) is 0 Å². The van der Waals surface area contributed by atoms with Crippen molar-refractivity contribution in [3.05, 3.63) is 22.4 Å². The minimum Gasteiger partial charge on any atom is -0.464 e. The molecule has 1 N–H and O–H groups in total. The third-order valence-corrected chi connectivity index (χ3v) is 2.54. The summed E-state index contributed by atoms with van der Waals surface area (Å²) in [7, 11) is 3.25. The average Bonchev–Trinajstić information content (AvgIpc) is 2.55. The summed E-state index contributed by atoms with van der Waals surface area (Å²) >= 11 is 3.31. The first-order valence-electron chi connectivity index (χ1n) is 4.28. The van der Waals surface area contributed by atoms with Gasteiger partial charge in [-0.05, 0) is 29.0 Å². The number of methoxy groups -OCH3 is 1. The number of aromatic nitrogens is 1. The second kappa shape index (κ2) is 5.17. The van der Waals surface area contributed by atoms with Crippen LogP contribution in [0.3, 0.4) is 0 Å². The van der Waals surface area contributed by atoms with Crippen LogP contribution in [0.2, 0.25) is 0 Å². The van der Waals surface area contributed by atoms with E-state index in [1.54, 1.807) is 0 Å². The summed E-state index contributed by atoms with van der Waals surface area (Å²) in [6.45, 7) is 1.55. The van der Waals surface area contributed by atoms with Gasteiger partial charge in [0.1, 0.15) is 5.69 Å². The second-order valence-electron chi connectivity index (χ2n) is 2.80. The van der Waals surface area contributed by atoms with Gasteiger partial charge in [0.05, 0.1) is 11.6 Å². The third kappa shape index (κ3) is 2.36. The number of halogens is 1. The molecular formula is C9H13BrN2O2. The lowest BCUT2D eigenvalue weighted by atomic mass is 10.4. The van der Waals surface area contributed by atoms with Crippen molar-refractivity contribution in [2.75, 3.05) is 20.7 Å². The van der Waals surface area contributed by atoms with E-state index in [-0.39, 0.29) is 5.97 Å². The Balaban J connectivity index is 2.88. The average molecular weight is 261 g/mol. The molecular weight excluding hydrogens is 248 g/mol. The molecule has 4 nitrogen and oxygen atoms in total. The minimum absolute atomic E-state index is 0.321. The Morgan fingerprint density at radius 2 is 2.43 bits per heavy atom. The Labute approximate surface area is 91.4 Å². The molecule has 78 valence electrons. The Hall–Kier alpha value is -0.810. The molecule has 0 aliphatic heterocycles. The van der Waals surface area contributed by atoms with E-state index in [0.29, 0.717) is 5.69 Å². The fourth-order valence-electron chi connectivity index (χ4n) is 1.18. The van der Waals surface area contributed by atoms with Gasteiger partial charge in [0.2, 0.25) is 0 Å². The maximum atomic E-state index is 11.4. The molecule has 0 spiro atoms. The van der Waals surface area contributed by atoms with Gasteiger partial charge < -0.3 is 14.6 Å². The molecule has 0 radical (unpaired) electrons. The van der Waals surface area contributed by atoms with E-state index in [2.05, 4.69) is 26.0 Å². The fraction of sp³-hybridized carbons (Fsp3) is 0.444. The lowest BCUT2D eigenvalue weighted by Gasteiger charge is -2.07. The SMILES string of the molecule is CNCCn1ccc(Br)c1C(=O)OC. The van der Waals surface area contributed by atoms with E-state index in [0.717, 1.165) is 17.6 Å². The van der Waals surface area contributed by atoms with E-state index < -0.39 is 0 Å². The van der Waals surface area contributed by atoms with Gasteiger partial charge >= 0.3 is 5.97 Å². The van der Waals surface area contributed by atoms with Crippen molar-refractivity contribution in [2.45, 2.75) is 6.54 Å². The van der Waals surface area contributed by atoms with Crippen LogP contribution < -0.4 is 5.32 Å². The van der Waals surface area contributed by atoms with E-state index in [9.17, 15) is 4.79 Å². The Morgan fingerprint density at radius 1 is 1.71 bits per heavy atom. The summed E-state index contributed by atoms with van der Waals surface area (Å²) < 4.78 is 7.30. The van der Waals surface area contributed by atoms with Crippen molar-refractivity contribution in [2.24, 2.45) is 0 Å². The van der Waals surface area contributed by atoms with Crippen LogP contribution in [0.25, 0.3) is 0 Å². The molecule has 0 saturated heterocycles. The Morgan fingerprint density at radius 3 is 3.00 bits per heavy atom. The number of esters is 1. The normalized spacial score (nSPS) is 10.2. The zero-order valence-electron chi connectivity index (χ0n) is 8.21. The highest BCUT2D eigenvalue weighted by Crippen LogP contribution is 2.18. The van der Waals surface area contributed by atoms with Crippen LogP contribution in [-0.2, 0) is 11.3 Å². The summed E-state index contributed by atoms with van der Waals surface area (Å²) in [5.41, 5.74) is 0.558. The van der Waals surface area contributed by atoms with E-state index in [4.69, 9.17) is 0 Å². The summed E-state index contributed by atoms with van der Waals surface area (Å²) in [6, 6.07) is 1.84. The topological polar surface area (TPSA) is 43.3 Å². The van der Waals surface area contributed by atoms with E-state index in [1.807, 2.05) is 23.9 Å². The predicted octanol–water partition coefficient (Wildman–Crippen LogP) is 1.26. The lowest BCUT2D eigenvalue weighted by Crippen LogP contribution is -2.18. The van der Waals surface area contributed by atoms with Gasteiger partial charge in [0.15, 0.2) is 0 Å². The molecule has 0 unspecified atom stereocenters. The molecule has 1 rings (SSSR count).